The van der Waals surface area contributed by atoms with Gasteiger partial charge in [-0.05, 0) is 48.5 Å². The molecule has 4 rings (SSSR count). The van der Waals surface area contributed by atoms with Crippen molar-refractivity contribution in [3.05, 3.63) is 47.7 Å². The first-order valence-electron chi connectivity index (χ1n) is 9.23. The van der Waals surface area contributed by atoms with Gasteiger partial charge in [-0.15, -0.1) is 0 Å². The van der Waals surface area contributed by atoms with Gasteiger partial charge in [0.15, 0.2) is 0 Å². The number of imidazole rings is 1. The molecule has 10 heteroatoms. The maximum atomic E-state index is 13.6. The molecule has 2 heterocycles. The van der Waals surface area contributed by atoms with Crippen LogP contribution in [0.25, 0.3) is 0 Å². The van der Waals surface area contributed by atoms with Crippen LogP contribution in [-0.4, -0.2) is 40.2 Å². The first kappa shape index (κ1) is 19.7. The van der Waals surface area contributed by atoms with E-state index in [1.165, 1.54) is 23.5 Å². The quantitative estimate of drug-likeness (QED) is 0.767. The number of nitrogens with zero attached hydrogens (tertiary/aromatic N) is 3. The van der Waals surface area contributed by atoms with Crippen LogP contribution in [0.3, 0.4) is 0 Å². The van der Waals surface area contributed by atoms with Crippen LogP contribution in [0.15, 0.2) is 30.7 Å². The Morgan fingerprint density at radius 1 is 1.34 bits per heavy atom. The van der Waals surface area contributed by atoms with Crippen LogP contribution < -0.4 is 10.1 Å². The fraction of sp³-hybridized carbons (Fsp3) is 0.474. The summed E-state index contributed by atoms with van der Waals surface area (Å²) < 4.78 is 59.6. The Balaban J connectivity index is 1.52. The summed E-state index contributed by atoms with van der Waals surface area (Å²) in [6.45, 7) is 1.99. The number of aromatic nitrogens is 2. The van der Waals surface area contributed by atoms with Gasteiger partial charge in [0.05, 0.1) is 18.1 Å². The molecule has 1 N–H and O–H groups in total. The fourth-order valence-electron chi connectivity index (χ4n) is 3.98. The third-order valence-electron chi connectivity index (χ3n) is 5.54. The number of amides is 1. The number of alkyl halides is 3. The van der Waals surface area contributed by atoms with Crippen molar-refractivity contribution in [1.29, 1.82) is 0 Å². The van der Waals surface area contributed by atoms with E-state index < -0.39 is 23.7 Å². The SMILES string of the molecule is Cn1cnc(OC(=O)N(Cc2ccc(F)c(C(F)(F)F)c2)CC2C3CNCC32)c1. The number of fused-ring (bicyclic) bond motifs is 1. The number of nitrogens with one attached hydrogen (secondary N) is 1. The number of halogens is 4. The van der Waals surface area contributed by atoms with Crippen LogP contribution in [0.2, 0.25) is 0 Å². The summed E-state index contributed by atoms with van der Waals surface area (Å²) in [5.74, 6) is -0.0461. The van der Waals surface area contributed by atoms with Crippen molar-refractivity contribution < 1.29 is 27.1 Å². The molecule has 1 amide bonds. The van der Waals surface area contributed by atoms with E-state index in [0.29, 0.717) is 18.4 Å². The first-order chi connectivity index (χ1) is 13.7. The van der Waals surface area contributed by atoms with E-state index in [2.05, 4.69) is 10.3 Å². The van der Waals surface area contributed by atoms with Gasteiger partial charge in [-0.25, -0.2) is 14.2 Å². The fourth-order valence-corrected chi connectivity index (χ4v) is 3.98. The van der Waals surface area contributed by atoms with Gasteiger partial charge in [0.2, 0.25) is 5.88 Å². The van der Waals surface area contributed by atoms with Crippen molar-refractivity contribution >= 4 is 6.09 Å². The Hall–Kier alpha value is -2.62. The molecule has 2 fully saturated rings. The lowest BCUT2D eigenvalue weighted by atomic mass is 10.1. The van der Waals surface area contributed by atoms with Gasteiger partial charge in [-0.3, -0.25) is 0 Å². The van der Waals surface area contributed by atoms with E-state index in [1.807, 2.05) is 0 Å². The van der Waals surface area contributed by atoms with Crippen molar-refractivity contribution in [2.24, 2.45) is 24.8 Å². The Kier molecular flexibility index (Phi) is 4.97. The van der Waals surface area contributed by atoms with Gasteiger partial charge in [0, 0.05) is 20.1 Å². The number of carbonyl (C=O) groups is 1. The molecule has 0 radical (unpaired) electrons. The molecule has 1 aliphatic carbocycles. The average Bonchev–Trinajstić information content (AvgIpc) is 3.00. The number of hydrogen-bond donors (Lipinski definition) is 1. The smallest absolute Gasteiger partial charge is 0.389 e. The van der Waals surface area contributed by atoms with Crippen LogP contribution in [0, 0.1) is 23.6 Å². The molecule has 0 bridgehead atoms. The standard InChI is InChI=1S/C19H20F4N4O2/c1-26-9-17(25-10-26)29-18(28)27(8-14-12-5-24-6-13(12)14)7-11-2-3-16(20)15(4-11)19(21,22)23/h2-4,9-10,12-14,24H,5-8H2,1H3. The maximum absolute atomic E-state index is 13.6. The first-order valence-corrected chi connectivity index (χ1v) is 9.23. The zero-order valence-corrected chi connectivity index (χ0v) is 15.6. The minimum absolute atomic E-state index is 0.107. The van der Waals surface area contributed by atoms with Gasteiger partial charge in [0.1, 0.15) is 5.82 Å². The molecular weight excluding hydrogens is 392 g/mol. The van der Waals surface area contributed by atoms with Gasteiger partial charge in [-0.1, -0.05) is 6.07 Å². The molecule has 2 unspecified atom stereocenters. The molecule has 1 aliphatic heterocycles. The third-order valence-corrected chi connectivity index (χ3v) is 5.54. The molecule has 156 valence electrons. The average molecular weight is 412 g/mol. The molecule has 1 saturated carbocycles. The number of rotatable bonds is 5. The van der Waals surface area contributed by atoms with Crippen LogP contribution in [0.1, 0.15) is 11.1 Å². The van der Waals surface area contributed by atoms with Crippen molar-refractivity contribution in [3.8, 4) is 5.88 Å². The van der Waals surface area contributed by atoms with Gasteiger partial charge in [-0.2, -0.15) is 13.2 Å². The molecule has 1 saturated heterocycles. The summed E-state index contributed by atoms with van der Waals surface area (Å²) >= 11 is 0. The molecule has 29 heavy (non-hydrogen) atoms. The number of hydrogen-bond acceptors (Lipinski definition) is 4. The number of piperidine rings is 1. The Bertz CT molecular complexity index is 904. The minimum atomic E-state index is -4.81. The molecule has 2 aliphatic rings. The maximum Gasteiger partial charge on any atom is 0.419 e. The highest BCUT2D eigenvalue weighted by molar-refractivity contribution is 5.70. The van der Waals surface area contributed by atoms with Crippen molar-refractivity contribution in [2.45, 2.75) is 12.7 Å². The van der Waals surface area contributed by atoms with Crippen LogP contribution in [0.4, 0.5) is 22.4 Å². The highest BCUT2D eigenvalue weighted by Crippen LogP contribution is 2.49. The van der Waals surface area contributed by atoms with Crippen molar-refractivity contribution in [2.75, 3.05) is 19.6 Å². The summed E-state index contributed by atoms with van der Waals surface area (Å²) in [6, 6.07) is 2.77. The van der Waals surface area contributed by atoms with E-state index in [4.69, 9.17) is 4.74 Å². The minimum Gasteiger partial charge on any atom is -0.389 e. The highest BCUT2D eigenvalue weighted by atomic mass is 19.4. The third kappa shape index (κ3) is 4.21. The Morgan fingerprint density at radius 3 is 2.69 bits per heavy atom. The van der Waals surface area contributed by atoms with E-state index in [0.717, 1.165) is 25.2 Å². The van der Waals surface area contributed by atoms with E-state index in [-0.39, 0.29) is 23.9 Å². The van der Waals surface area contributed by atoms with E-state index in [1.54, 1.807) is 11.6 Å². The molecule has 2 aromatic rings. The molecule has 2 atom stereocenters. The lowest BCUT2D eigenvalue weighted by Crippen LogP contribution is -2.36. The second-order valence-corrected chi connectivity index (χ2v) is 7.59. The van der Waals surface area contributed by atoms with Crippen molar-refractivity contribution in [1.82, 2.24) is 19.8 Å². The highest BCUT2D eigenvalue weighted by Gasteiger charge is 2.53. The zero-order chi connectivity index (χ0) is 20.8. The lowest BCUT2D eigenvalue weighted by molar-refractivity contribution is -0.140. The second-order valence-electron chi connectivity index (χ2n) is 7.59. The van der Waals surface area contributed by atoms with Gasteiger partial charge < -0.3 is 19.5 Å². The monoisotopic (exact) mass is 412 g/mol. The summed E-state index contributed by atoms with van der Waals surface area (Å²) in [4.78, 5) is 18.0. The molecular formula is C19H20F4N4O2. The lowest BCUT2D eigenvalue weighted by Gasteiger charge is -2.23. The molecule has 0 spiro atoms. The number of ether oxygens (including phenoxy) is 1. The second kappa shape index (κ2) is 7.33. The Morgan fingerprint density at radius 2 is 2.07 bits per heavy atom. The summed E-state index contributed by atoms with van der Waals surface area (Å²) in [7, 11) is 1.72. The summed E-state index contributed by atoms with van der Waals surface area (Å²) in [5, 5.41) is 3.26. The molecule has 6 nitrogen and oxygen atoms in total. The predicted octanol–water partition coefficient (Wildman–Crippen LogP) is 3.04. The molecule has 1 aromatic heterocycles. The summed E-state index contributed by atoms with van der Waals surface area (Å²) in [6.07, 6.45) is -2.51. The number of benzene rings is 1. The predicted molar refractivity (Wildman–Crippen MR) is 94.4 cm³/mol. The van der Waals surface area contributed by atoms with E-state index >= 15 is 0 Å². The largest absolute Gasteiger partial charge is 0.419 e. The normalized spacial score (nSPS) is 23.0. The van der Waals surface area contributed by atoms with Crippen LogP contribution in [0.5, 0.6) is 5.88 Å². The van der Waals surface area contributed by atoms with E-state index in [9.17, 15) is 22.4 Å². The molecule has 1 aromatic carbocycles. The van der Waals surface area contributed by atoms with Crippen LogP contribution in [-0.2, 0) is 19.8 Å². The topological polar surface area (TPSA) is 59.4 Å². The van der Waals surface area contributed by atoms with Crippen molar-refractivity contribution in [3.63, 3.8) is 0 Å². The van der Waals surface area contributed by atoms with Crippen LogP contribution >= 0.6 is 0 Å². The number of carbonyl (C=O) groups excluding carboxylic acids is 1. The van der Waals surface area contributed by atoms with Gasteiger partial charge >= 0.3 is 12.3 Å². The zero-order valence-electron chi connectivity index (χ0n) is 15.6. The Labute approximate surface area is 164 Å². The van der Waals surface area contributed by atoms with Gasteiger partial charge in [0.25, 0.3) is 0 Å². The number of aryl methyl sites for hydroxylation is 1. The summed E-state index contributed by atoms with van der Waals surface area (Å²) in [5.41, 5.74) is -1.17.